The number of nitriles is 1. The first-order valence-corrected chi connectivity index (χ1v) is 13.8. The Balaban J connectivity index is 1.44. The fourth-order valence-electron chi connectivity index (χ4n) is 3.86. The standard InChI is InChI=1S/C26H21N7O3S2/c1-33-16-23(30-32-33)25(34)28-19-8-5-9-20(14-19)38(35,36)31-22(13-17-6-4-7-18(12-17)15-27)26-29-21-10-2-3-11-24(21)37-26/h2-12,14,16,22,31H,13H2,1H3,(H,28,34). The summed E-state index contributed by atoms with van der Waals surface area (Å²) in [6.07, 6.45) is 1.75. The van der Waals surface area contributed by atoms with E-state index in [1.54, 1.807) is 37.4 Å². The maximum atomic E-state index is 13.5. The van der Waals surface area contributed by atoms with Gasteiger partial charge in [-0.15, -0.1) is 16.4 Å². The van der Waals surface area contributed by atoms with Crippen molar-refractivity contribution < 1.29 is 13.2 Å². The largest absolute Gasteiger partial charge is 0.321 e. The van der Waals surface area contributed by atoms with Gasteiger partial charge in [-0.3, -0.25) is 9.48 Å². The van der Waals surface area contributed by atoms with Crippen LogP contribution in [0, 0.1) is 11.3 Å². The molecule has 0 aliphatic heterocycles. The van der Waals surface area contributed by atoms with Gasteiger partial charge in [0.25, 0.3) is 5.91 Å². The SMILES string of the molecule is Cn1cc(C(=O)Nc2cccc(S(=O)(=O)NC(Cc3cccc(C#N)c3)c3nc4ccccc4s3)c2)nn1. The molecular weight excluding hydrogens is 522 g/mol. The highest BCUT2D eigenvalue weighted by Crippen LogP contribution is 2.30. The number of anilines is 1. The normalized spacial score (nSPS) is 12.2. The van der Waals surface area contributed by atoms with E-state index in [9.17, 15) is 18.5 Å². The molecular formula is C26H21N7O3S2. The van der Waals surface area contributed by atoms with Gasteiger partial charge in [-0.1, -0.05) is 35.5 Å². The second-order valence-electron chi connectivity index (χ2n) is 8.47. The molecule has 2 N–H and O–H groups in total. The van der Waals surface area contributed by atoms with E-state index in [0.29, 0.717) is 16.3 Å². The zero-order valence-electron chi connectivity index (χ0n) is 20.1. The van der Waals surface area contributed by atoms with Crippen LogP contribution in [-0.4, -0.2) is 34.3 Å². The van der Waals surface area contributed by atoms with Crippen LogP contribution in [0.1, 0.15) is 32.7 Å². The van der Waals surface area contributed by atoms with Crippen molar-refractivity contribution in [3.8, 4) is 6.07 Å². The Kier molecular flexibility index (Phi) is 6.97. The molecule has 0 bridgehead atoms. The van der Waals surface area contributed by atoms with E-state index in [0.717, 1.165) is 15.8 Å². The minimum atomic E-state index is -4.03. The molecule has 5 rings (SSSR count). The summed E-state index contributed by atoms with van der Waals surface area (Å²) in [5.74, 6) is -0.509. The van der Waals surface area contributed by atoms with Gasteiger partial charge in [0.2, 0.25) is 10.0 Å². The Bertz CT molecular complexity index is 1750. The van der Waals surface area contributed by atoms with Crippen LogP contribution in [0.2, 0.25) is 0 Å². The van der Waals surface area contributed by atoms with Crippen LogP contribution < -0.4 is 10.0 Å². The third-order valence-corrected chi connectivity index (χ3v) is 8.26. The van der Waals surface area contributed by atoms with Gasteiger partial charge >= 0.3 is 0 Å². The fourth-order valence-corrected chi connectivity index (χ4v) is 6.20. The molecule has 2 aromatic heterocycles. The third-order valence-electron chi connectivity index (χ3n) is 5.64. The summed E-state index contributed by atoms with van der Waals surface area (Å²) >= 11 is 1.41. The zero-order chi connectivity index (χ0) is 26.7. The lowest BCUT2D eigenvalue weighted by molar-refractivity contribution is 0.102. The average Bonchev–Trinajstić information content (AvgIpc) is 3.55. The quantitative estimate of drug-likeness (QED) is 0.303. The Labute approximate surface area is 222 Å². The van der Waals surface area contributed by atoms with E-state index in [1.807, 2.05) is 30.3 Å². The maximum absolute atomic E-state index is 13.5. The maximum Gasteiger partial charge on any atom is 0.277 e. The van der Waals surface area contributed by atoms with Gasteiger partial charge in [-0.2, -0.15) is 5.26 Å². The van der Waals surface area contributed by atoms with E-state index in [-0.39, 0.29) is 17.0 Å². The van der Waals surface area contributed by atoms with Gasteiger partial charge in [0.15, 0.2) is 5.69 Å². The van der Waals surface area contributed by atoms with E-state index >= 15 is 0 Å². The topological polar surface area (TPSA) is 143 Å². The lowest BCUT2D eigenvalue weighted by Crippen LogP contribution is -2.30. The zero-order valence-corrected chi connectivity index (χ0v) is 21.7. The number of para-hydroxylation sites is 1. The minimum Gasteiger partial charge on any atom is -0.321 e. The lowest BCUT2D eigenvalue weighted by atomic mass is 10.0. The smallest absolute Gasteiger partial charge is 0.277 e. The minimum absolute atomic E-state index is 0.0219. The number of nitrogens with one attached hydrogen (secondary N) is 2. The molecule has 0 fully saturated rings. The van der Waals surface area contributed by atoms with Gasteiger partial charge in [0, 0.05) is 12.7 Å². The number of rotatable bonds is 8. The molecule has 0 aliphatic rings. The Hall–Kier alpha value is -4.44. The number of carbonyl (C=O) groups excluding carboxylic acids is 1. The molecule has 5 aromatic rings. The van der Waals surface area contributed by atoms with E-state index in [2.05, 4.69) is 31.4 Å². The predicted molar refractivity (Wildman–Crippen MR) is 143 cm³/mol. The lowest BCUT2D eigenvalue weighted by Gasteiger charge is -2.17. The molecule has 1 unspecified atom stereocenters. The van der Waals surface area contributed by atoms with E-state index < -0.39 is 22.0 Å². The monoisotopic (exact) mass is 543 g/mol. The van der Waals surface area contributed by atoms with Crippen molar-refractivity contribution in [2.24, 2.45) is 7.05 Å². The molecule has 1 amide bonds. The first-order chi connectivity index (χ1) is 18.3. The third kappa shape index (κ3) is 5.60. The number of hydrogen-bond acceptors (Lipinski definition) is 8. The van der Waals surface area contributed by atoms with Crippen molar-refractivity contribution >= 4 is 43.2 Å². The van der Waals surface area contributed by atoms with E-state index in [4.69, 9.17) is 0 Å². The highest BCUT2D eigenvalue weighted by molar-refractivity contribution is 7.89. The van der Waals surface area contributed by atoms with Gasteiger partial charge < -0.3 is 5.32 Å². The molecule has 3 aromatic carbocycles. The number of aromatic nitrogens is 4. The molecule has 1 atom stereocenters. The van der Waals surface area contributed by atoms with Crippen LogP contribution >= 0.6 is 11.3 Å². The van der Waals surface area contributed by atoms with Gasteiger partial charge in [0.1, 0.15) is 5.01 Å². The van der Waals surface area contributed by atoms with Crippen molar-refractivity contribution in [2.75, 3.05) is 5.32 Å². The fraction of sp³-hybridized carbons (Fsp3) is 0.115. The molecule has 10 nitrogen and oxygen atoms in total. The number of sulfonamides is 1. The Morgan fingerprint density at radius 3 is 2.68 bits per heavy atom. The van der Waals surface area contributed by atoms with Crippen LogP contribution in [0.25, 0.3) is 10.2 Å². The van der Waals surface area contributed by atoms with Gasteiger partial charge in [0.05, 0.1) is 39.0 Å². The molecule has 190 valence electrons. The van der Waals surface area contributed by atoms with Crippen LogP contribution in [0.5, 0.6) is 0 Å². The summed E-state index contributed by atoms with van der Waals surface area (Å²) in [5.41, 5.74) is 2.45. The number of aryl methyl sites for hydroxylation is 1. The molecule has 0 aliphatic carbocycles. The van der Waals surface area contributed by atoms with Crippen LogP contribution in [0.3, 0.4) is 0 Å². The van der Waals surface area contributed by atoms with Crippen LogP contribution in [-0.2, 0) is 23.5 Å². The summed E-state index contributed by atoms with van der Waals surface area (Å²) in [4.78, 5) is 17.1. The number of carbonyl (C=O) groups is 1. The van der Waals surface area contributed by atoms with Crippen molar-refractivity contribution in [2.45, 2.75) is 17.4 Å². The Morgan fingerprint density at radius 1 is 1.11 bits per heavy atom. The number of fused-ring (bicyclic) bond motifs is 1. The van der Waals surface area contributed by atoms with Crippen molar-refractivity contribution in [1.82, 2.24) is 24.7 Å². The summed E-state index contributed by atoms with van der Waals surface area (Å²) < 4.78 is 32.2. The first kappa shape index (κ1) is 25.2. The number of nitrogens with zero attached hydrogens (tertiary/aromatic N) is 5. The van der Waals surface area contributed by atoms with E-state index in [1.165, 1.54) is 34.3 Å². The van der Waals surface area contributed by atoms with Gasteiger partial charge in [-0.25, -0.2) is 18.1 Å². The number of amides is 1. The molecule has 0 saturated heterocycles. The number of benzene rings is 3. The van der Waals surface area contributed by atoms with Crippen molar-refractivity contribution in [3.63, 3.8) is 0 Å². The molecule has 38 heavy (non-hydrogen) atoms. The molecule has 12 heteroatoms. The second kappa shape index (κ2) is 10.5. The summed E-state index contributed by atoms with van der Waals surface area (Å²) in [6, 6.07) is 22.0. The average molecular weight is 544 g/mol. The number of hydrogen-bond donors (Lipinski definition) is 2. The molecule has 0 spiro atoms. The summed E-state index contributed by atoms with van der Waals surface area (Å²) in [7, 11) is -2.39. The van der Waals surface area contributed by atoms with Crippen molar-refractivity contribution in [1.29, 1.82) is 5.26 Å². The highest BCUT2D eigenvalue weighted by Gasteiger charge is 2.25. The molecule has 0 saturated carbocycles. The van der Waals surface area contributed by atoms with Crippen LogP contribution in [0.15, 0.2) is 83.9 Å². The summed E-state index contributed by atoms with van der Waals surface area (Å²) in [5, 5.41) is 20.1. The number of thiazole rings is 1. The predicted octanol–water partition coefficient (Wildman–Crippen LogP) is 3.81. The summed E-state index contributed by atoms with van der Waals surface area (Å²) in [6.45, 7) is 0. The second-order valence-corrected chi connectivity index (χ2v) is 11.2. The highest BCUT2D eigenvalue weighted by atomic mass is 32.2. The molecule has 2 heterocycles. The van der Waals surface area contributed by atoms with Crippen LogP contribution in [0.4, 0.5) is 5.69 Å². The van der Waals surface area contributed by atoms with Crippen molar-refractivity contribution in [3.05, 3.63) is 101 Å². The molecule has 0 radical (unpaired) electrons. The Morgan fingerprint density at radius 2 is 1.92 bits per heavy atom. The first-order valence-electron chi connectivity index (χ1n) is 11.5. The van der Waals surface area contributed by atoms with Gasteiger partial charge in [-0.05, 0) is 54.4 Å².